The highest BCUT2D eigenvalue weighted by molar-refractivity contribution is 5.55. The van der Waals surface area contributed by atoms with Gasteiger partial charge in [-0.15, -0.1) is 0 Å². The molecule has 0 amide bonds. The van der Waals surface area contributed by atoms with Crippen LogP contribution in [0.15, 0.2) is 36.7 Å². The van der Waals surface area contributed by atoms with Gasteiger partial charge in [0.1, 0.15) is 11.9 Å². The third-order valence-corrected chi connectivity index (χ3v) is 5.69. The lowest BCUT2D eigenvalue weighted by Gasteiger charge is -2.13. The fraction of sp³-hybridized carbons (Fsp3) is 0.615. The molecule has 1 aromatic carbocycles. The third-order valence-electron chi connectivity index (χ3n) is 5.69. The molecule has 3 nitrogen and oxygen atoms in total. The second kappa shape index (κ2) is 14.1. The minimum Gasteiger partial charge on any atom is -0.493 e. The van der Waals surface area contributed by atoms with E-state index >= 15 is 0 Å². The Morgan fingerprint density at radius 1 is 0.933 bits per heavy atom. The Kier molecular flexibility index (Phi) is 11.4. The van der Waals surface area contributed by atoms with Crippen LogP contribution in [-0.4, -0.2) is 22.7 Å². The van der Waals surface area contributed by atoms with Gasteiger partial charge >= 0.3 is 0 Å². The Hall–Kier alpha value is -1.97. The first-order chi connectivity index (χ1) is 14.6. The van der Waals surface area contributed by atoms with Crippen LogP contribution < -0.4 is 4.74 Å². The van der Waals surface area contributed by atoms with Crippen LogP contribution in [0.1, 0.15) is 84.1 Å². The van der Waals surface area contributed by atoms with Crippen molar-refractivity contribution in [3.63, 3.8) is 0 Å². The van der Waals surface area contributed by atoms with Gasteiger partial charge in [0, 0.05) is 24.4 Å². The number of unbranched alkanes of at least 4 members (excludes halogenated alkanes) is 5. The molecule has 30 heavy (non-hydrogen) atoms. The zero-order valence-corrected chi connectivity index (χ0v) is 19.1. The zero-order chi connectivity index (χ0) is 21.6. The van der Waals surface area contributed by atoms with Crippen LogP contribution >= 0.6 is 0 Å². The molecule has 2 unspecified atom stereocenters. The number of benzene rings is 1. The molecular weight excluding hydrogens is 375 g/mol. The van der Waals surface area contributed by atoms with Gasteiger partial charge in [-0.05, 0) is 55.0 Å². The van der Waals surface area contributed by atoms with Gasteiger partial charge in [-0.25, -0.2) is 14.4 Å². The molecule has 0 radical (unpaired) electrons. The SMILES string of the molecule is CCCCCCCCc1cnc(-c2ccc(OCCC(F)CC(C)CC)cc2)nc1. The van der Waals surface area contributed by atoms with Crippen molar-refractivity contribution in [2.45, 2.75) is 91.2 Å². The normalized spacial score (nSPS) is 13.2. The van der Waals surface area contributed by atoms with Crippen molar-refractivity contribution in [1.29, 1.82) is 0 Å². The maximum absolute atomic E-state index is 13.9. The van der Waals surface area contributed by atoms with Crippen LogP contribution in [0.4, 0.5) is 4.39 Å². The van der Waals surface area contributed by atoms with Crippen molar-refractivity contribution < 1.29 is 9.13 Å². The van der Waals surface area contributed by atoms with E-state index in [0.717, 1.165) is 30.0 Å². The van der Waals surface area contributed by atoms with Crippen LogP contribution in [-0.2, 0) is 6.42 Å². The molecule has 1 aromatic heterocycles. The smallest absolute Gasteiger partial charge is 0.159 e. The van der Waals surface area contributed by atoms with E-state index in [-0.39, 0.29) is 0 Å². The van der Waals surface area contributed by atoms with E-state index in [1.165, 1.54) is 44.1 Å². The van der Waals surface area contributed by atoms with Crippen LogP contribution in [0.3, 0.4) is 0 Å². The lowest BCUT2D eigenvalue weighted by atomic mass is 10.0. The molecule has 4 heteroatoms. The fourth-order valence-corrected chi connectivity index (χ4v) is 3.47. The van der Waals surface area contributed by atoms with Crippen LogP contribution in [0.25, 0.3) is 11.4 Å². The van der Waals surface area contributed by atoms with Gasteiger partial charge in [-0.2, -0.15) is 0 Å². The predicted octanol–water partition coefficient (Wildman–Crippen LogP) is 7.59. The molecule has 0 aliphatic rings. The zero-order valence-electron chi connectivity index (χ0n) is 19.1. The van der Waals surface area contributed by atoms with Gasteiger partial charge in [0.05, 0.1) is 6.61 Å². The maximum atomic E-state index is 13.9. The van der Waals surface area contributed by atoms with E-state index in [9.17, 15) is 4.39 Å². The Bertz CT molecular complexity index is 687. The molecule has 166 valence electrons. The van der Waals surface area contributed by atoms with E-state index in [1.807, 2.05) is 36.7 Å². The van der Waals surface area contributed by atoms with Gasteiger partial charge < -0.3 is 4.74 Å². The first-order valence-electron chi connectivity index (χ1n) is 11.8. The number of rotatable bonds is 15. The summed E-state index contributed by atoms with van der Waals surface area (Å²) in [5.41, 5.74) is 2.17. The van der Waals surface area contributed by atoms with Crippen LogP contribution in [0.5, 0.6) is 5.75 Å². The quantitative estimate of drug-likeness (QED) is 0.282. The summed E-state index contributed by atoms with van der Waals surface area (Å²) in [6, 6.07) is 7.74. The first-order valence-corrected chi connectivity index (χ1v) is 11.8. The second-order valence-electron chi connectivity index (χ2n) is 8.44. The van der Waals surface area contributed by atoms with Crippen molar-refractivity contribution in [3.05, 3.63) is 42.2 Å². The third kappa shape index (κ3) is 9.23. The fourth-order valence-electron chi connectivity index (χ4n) is 3.47. The molecule has 1 heterocycles. The first kappa shape index (κ1) is 24.3. The topological polar surface area (TPSA) is 35.0 Å². The standard InChI is InChI=1S/C26H39FN2O/c1-4-6-7-8-9-10-11-22-19-28-26(29-20-22)23-12-14-25(15-13-23)30-17-16-24(27)18-21(3)5-2/h12-15,19-21,24H,4-11,16-18H2,1-3H3. The summed E-state index contributed by atoms with van der Waals surface area (Å²) in [7, 11) is 0. The van der Waals surface area contributed by atoms with Gasteiger partial charge in [0.15, 0.2) is 5.82 Å². The number of hydrogen-bond acceptors (Lipinski definition) is 3. The summed E-state index contributed by atoms with van der Waals surface area (Å²) < 4.78 is 19.6. The van der Waals surface area contributed by atoms with Crippen molar-refractivity contribution in [2.24, 2.45) is 5.92 Å². The molecule has 0 N–H and O–H groups in total. The number of alkyl halides is 1. The molecule has 2 aromatic rings. The minimum atomic E-state index is -0.789. The summed E-state index contributed by atoms with van der Waals surface area (Å²) in [5, 5.41) is 0. The van der Waals surface area contributed by atoms with Crippen molar-refractivity contribution >= 4 is 0 Å². The Morgan fingerprint density at radius 2 is 1.60 bits per heavy atom. The molecule has 0 fully saturated rings. The number of nitrogens with zero attached hydrogens (tertiary/aromatic N) is 2. The number of halogens is 1. The Morgan fingerprint density at radius 3 is 2.27 bits per heavy atom. The van der Waals surface area contributed by atoms with Gasteiger partial charge in [0.2, 0.25) is 0 Å². The molecule has 0 saturated heterocycles. The summed E-state index contributed by atoms with van der Waals surface area (Å²) >= 11 is 0. The van der Waals surface area contributed by atoms with Crippen LogP contribution in [0.2, 0.25) is 0 Å². The highest BCUT2D eigenvalue weighted by atomic mass is 19.1. The molecule has 0 bridgehead atoms. The lowest BCUT2D eigenvalue weighted by molar-refractivity contribution is 0.207. The Balaban J connectivity index is 1.73. The predicted molar refractivity (Wildman–Crippen MR) is 124 cm³/mol. The lowest BCUT2D eigenvalue weighted by Crippen LogP contribution is -2.11. The number of ether oxygens (including phenoxy) is 1. The van der Waals surface area contributed by atoms with Crippen LogP contribution in [0, 0.1) is 5.92 Å². The summed E-state index contributed by atoms with van der Waals surface area (Å²) in [5.74, 6) is 1.91. The molecule has 2 atom stereocenters. The average molecular weight is 415 g/mol. The monoisotopic (exact) mass is 414 g/mol. The maximum Gasteiger partial charge on any atom is 0.159 e. The largest absolute Gasteiger partial charge is 0.493 e. The molecule has 0 spiro atoms. The summed E-state index contributed by atoms with van der Waals surface area (Å²) in [4.78, 5) is 9.05. The highest BCUT2D eigenvalue weighted by Gasteiger charge is 2.11. The van der Waals surface area contributed by atoms with E-state index in [4.69, 9.17) is 4.74 Å². The highest BCUT2D eigenvalue weighted by Crippen LogP contribution is 2.21. The number of hydrogen-bond donors (Lipinski definition) is 0. The van der Waals surface area contributed by atoms with Crippen molar-refractivity contribution in [3.8, 4) is 17.1 Å². The molecule has 0 aliphatic heterocycles. The molecular formula is C26H39FN2O. The summed E-state index contributed by atoms with van der Waals surface area (Å²) in [6.45, 7) is 6.84. The average Bonchev–Trinajstić information content (AvgIpc) is 2.77. The van der Waals surface area contributed by atoms with E-state index in [1.54, 1.807) is 0 Å². The van der Waals surface area contributed by atoms with Crippen molar-refractivity contribution in [2.75, 3.05) is 6.61 Å². The second-order valence-corrected chi connectivity index (χ2v) is 8.44. The van der Waals surface area contributed by atoms with E-state index < -0.39 is 6.17 Å². The number of aromatic nitrogens is 2. The van der Waals surface area contributed by atoms with E-state index in [0.29, 0.717) is 25.4 Å². The van der Waals surface area contributed by atoms with Gasteiger partial charge in [-0.3, -0.25) is 0 Å². The minimum absolute atomic E-state index is 0.403. The van der Waals surface area contributed by atoms with Gasteiger partial charge in [0.25, 0.3) is 0 Å². The summed E-state index contributed by atoms with van der Waals surface area (Å²) in [6.07, 6.45) is 14.0. The van der Waals surface area contributed by atoms with Crippen molar-refractivity contribution in [1.82, 2.24) is 9.97 Å². The molecule has 0 saturated carbocycles. The van der Waals surface area contributed by atoms with Gasteiger partial charge in [-0.1, -0.05) is 59.3 Å². The molecule has 0 aliphatic carbocycles. The Labute approximate surface area is 182 Å². The number of aryl methyl sites for hydroxylation is 1. The van der Waals surface area contributed by atoms with E-state index in [2.05, 4.69) is 30.7 Å². The molecule has 2 rings (SSSR count).